The van der Waals surface area contributed by atoms with Crippen LogP contribution in [0.4, 0.5) is 0 Å². The van der Waals surface area contributed by atoms with Gasteiger partial charge in [0.25, 0.3) is 0 Å². The van der Waals surface area contributed by atoms with E-state index in [9.17, 15) is 4.79 Å². The maximum atomic E-state index is 9.93. The van der Waals surface area contributed by atoms with E-state index in [0.717, 1.165) is 0 Å². The van der Waals surface area contributed by atoms with Crippen LogP contribution in [0.1, 0.15) is 0 Å². The van der Waals surface area contributed by atoms with Crippen molar-refractivity contribution in [3.05, 3.63) is 12.3 Å². The molecule has 1 heterocycles. The van der Waals surface area contributed by atoms with Gasteiger partial charge in [0.05, 0.1) is 6.54 Å². The van der Waals surface area contributed by atoms with Crippen molar-refractivity contribution in [1.29, 1.82) is 0 Å². The van der Waals surface area contributed by atoms with Gasteiger partial charge >= 0.3 is 0 Å². The van der Waals surface area contributed by atoms with Crippen molar-refractivity contribution in [2.45, 2.75) is 0 Å². The van der Waals surface area contributed by atoms with Gasteiger partial charge in [0.2, 0.25) is 0 Å². The Labute approximate surface area is 47.1 Å². The standard InChI is InChI=1S/C5H6N2O/c8-4-5-6-2-1-3-7-5/h1-2,4H,3H2,(H,6,7). The molecule has 0 aromatic rings. The molecular weight excluding hydrogens is 104 g/mol. The number of carbonyl (C=O) groups is 1. The van der Waals surface area contributed by atoms with Crippen molar-refractivity contribution in [3.63, 3.8) is 0 Å². The predicted molar refractivity (Wildman–Crippen MR) is 30.6 cm³/mol. The molecule has 1 aliphatic heterocycles. The van der Waals surface area contributed by atoms with Crippen molar-refractivity contribution in [3.8, 4) is 0 Å². The van der Waals surface area contributed by atoms with Gasteiger partial charge in [0.1, 0.15) is 0 Å². The van der Waals surface area contributed by atoms with E-state index in [0.29, 0.717) is 18.7 Å². The molecule has 0 amide bonds. The van der Waals surface area contributed by atoms with Gasteiger partial charge in [-0.25, -0.2) is 0 Å². The molecular formula is C5H6N2O. The maximum Gasteiger partial charge on any atom is 0.184 e. The summed E-state index contributed by atoms with van der Waals surface area (Å²) in [5, 5.41) is 2.67. The molecule has 3 heteroatoms. The lowest BCUT2D eigenvalue weighted by molar-refractivity contribution is -0.102. The minimum atomic E-state index is 0.410. The highest BCUT2D eigenvalue weighted by molar-refractivity contribution is 6.27. The number of nitrogens with zero attached hydrogens (tertiary/aromatic N) is 1. The molecule has 0 atom stereocenters. The van der Waals surface area contributed by atoms with E-state index in [1.807, 2.05) is 6.08 Å². The van der Waals surface area contributed by atoms with Crippen molar-refractivity contribution in [1.82, 2.24) is 5.32 Å². The number of aldehydes is 1. The average molecular weight is 110 g/mol. The zero-order chi connectivity index (χ0) is 5.82. The van der Waals surface area contributed by atoms with Crippen LogP contribution < -0.4 is 5.32 Å². The molecule has 1 rings (SSSR count). The summed E-state index contributed by atoms with van der Waals surface area (Å²) in [6, 6.07) is 0. The van der Waals surface area contributed by atoms with Crippen molar-refractivity contribution >= 4 is 12.1 Å². The van der Waals surface area contributed by atoms with E-state index in [1.165, 1.54) is 0 Å². The average Bonchev–Trinajstić information content (AvgIpc) is 1.90. The number of amidine groups is 1. The Hall–Kier alpha value is -1.12. The number of aliphatic imine (C=N–C) groups is 1. The third-order valence-corrected chi connectivity index (χ3v) is 0.828. The Balaban J connectivity index is 2.55. The molecule has 0 saturated heterocycles. The summed E-state index contributed by atoms with van der Waals surface area (Å²) >= 11 is 0. The van der Waals surface area contributed by atoms with Crippen LogP contribution in [0.25, 0.3) is 0 Å². The minimum absolute atomic E-state index is 0.410. The Morgan fingerprint density at radius 3 is 3.12 bits per heavy atom. The lowest BCUT2D eigenvalue weighted by Crippen LogP contribution is -2.21. The van der Waals surface area contributed by atoms with Crippen molar-refractivity contribution in [2.75, 3.05) is 6.54 Å². The summed E-state index contributed by atoms with van der Waals surface area (Å²) in [5.74, 6) is 0.410. The van der Waals surface area contributed by atoms with Gasteiger partial charge in [0.15, 0.2) is 12.1 Å². The third kappa shape index (κ3) is 0.932. The van der Waals surface area contributed by atoms with Crippen LogP contribution in [0.2, 0.25) is 0 Å². The van der Waals surface area contributed by atoms with Crippen LogP contribution in [-0.2, 0) is 4.79 Å². The zero-order valence-corrected chi connectivity index (χ0v) is 4.29. The second-order valence-corrected chi connectivity index (χ2v) is 1.39. The fourth-order valence-corrected chi connectivity index (χ4v) is 0.465. The molecule has 0 aromatic heterocycles. The monoisotopic (exact) mass is 110 g/mol. The molecule has 0 spiro atoms. The molecule has 0 fully saturated rings. The normalized spacial score (nSPS) is 16.8. The van der Waals surface area contributed by atoms with Gasteiger partial charge in [-0.3, -0.25) is 9.79 Å². The lowest BCUT2D eigenvalue weighted by Gasteiger charge is -2.00. The zero-order valence-electron chi connectivity index (χ0n) is 4.29. The summed E-state index contributed by atoms with van der Waals surface area (Å²) < 4.78 is 0. The molecule has 0 bridgehead atoms. The first-order valence-corrected chi connectivity index (χ1v) is 2.34. The van der Waals surface area contributed by atoms with Gasteiger partial charge in [-0.1, -0.05) is 0 Å². The molecule has 0 radical (unpaired) electrons. The van der Waals surface area contributed by atoms with E-state index in [-0.39, 0.29) is 0 Å². The highest BCUT2D eigenvalue weighted by Crippen LogP contribution is 1.81. The fourth-order valence-electron chi connectivity index (χ4n) is 0.465. The molecule has 1 N–H and O–H groups in total. The van der Waals surface area contributed by atoms with Crippen molar-refractivity contribution in [2.24, 2.45) is 4.99 Å². The number of nitrogens with one attached hydrogen (secondary N) is 1. The molecule has 1 aliphatic rings. The third-order valence-electron chi connectivity index (χ3n) is 0.828. The first-order chi connectivity index (χ1) is 3.93. The highest BCUT2D eigenvalue weighted by Gasteiger charge is 1.92. The Kier molecular flexibility index (Phi) is 1.42. The second kappa shape index (κ2) is 2.26. The van der Waals surface area contributed by atoms with E-state index >= 15 is 0 Å². The second-order valence-electron chi connectivity index (χ2n) is 1.39. The molecule has 0 aromatic carbocycles. The van der Waals surface area contributed by atoms with Crippen LogP contribution >= 0.6 is 0 Å². The number of carbonyl (C=O) groups excluding carboxylic acids is 1. The molecule has 8 heavy (non-hydrogen) atoms. The Morgan fingerprint density at radius 2 is 2.75 bits per heavy atom. The smallest absolute Gasteiger partial charge is 0.184 e. The lowest BCUT2D eigenvalue weighted by atomic mass is 10.5. The van der Waals surface area contributed by atoms with Crippen LogP contribution in [0.5, 0.6) is 0 Å². The molecule has 0 aliphatic carbocycles. The minimum Gasteiger partial charge on any atom is -0.344 e. The summed E-state index contributed by atoms with van der Waals surface area (Å²) in [4.78, 5) is 13.7. The highest BCUT2D eigenvalue weighted by atomic mass is 16.1. The van der Waals surface area contributed by atoms with E-state index in [2.05, 4.69) is 10.3 Å². The van der Waals surface area contributed by atoms with Crippen LogP contribution in [0.3, 0.4) is 0 Å². The van der Waals surface area contributed by atoms with Gasteiger partial charge in [0, 0.05) is 6.20 Å². The van der Waals surface area contributed by atoms with Gasteiger partial charge in [-0.15, -0.1) is 0 Å². The molecule has 0 saturated carbocycles. The first-order valence-electron chi connectivity index (χ1n) is 2.34. The summed E-state index contributed by atoms with van der Waals surface area (Å²) in [7, 11) is 0. The van der Waals surface area contributed by atoms with Crippen LogP contribution in [-0.4, -0.2) is 18.7 Å². The Morgan fingerprint density at radius 1 is 1.88 bits per heavy atom. The molecule has 0 unspecified atom stereocenters. The predicted octanol–water partition coefficient (Wildman–Crippen LogP) is -0.299. The SMILES string of the molecule is O=CC1=NCC=CN1. The van der Waals surface area contributed by atoms with Gasteiger partial charge < -0.3 is 5.32 Å². The fraction of sp³-hybridized carbons (Fsp3) is 0.200. The van der Waals surface area contributed by atoms with E-state index in [1.54, 1.807) is 6.20 Å². The number of hydrogen-bond acceptors (Lipinski definition) is 3. The summed E-state index contributed by atoms with van der Waals surface area (Å²) in [5.41, 5.74) is 0. The molecule has 42 valence electrons. The van der Waals surface area contributed by atoms with Crippen LogP contribution in [0.15, 0.2) is 17.3 Å². The topological polar surface area (TPSA) is 41.5 Å². The molecule has 3 nitrogen and oxygen atoms in total. The van der Waals surface area contributed by atoms with Crippen LogP contribution in [0, 0.1) is 0 Å². The van der Waals surface area contributed by atoms with Crippen molar-refractivity contribution < 1.29 is 4.79 Å². The van der Waals surface area contributed by atoms with E-state index < -0.39 is 0 Å². The van der Waals surface area contributed by atoms with E-state index in [4.69, 9.17) is 0 Å². The summed E-state index contributed by atoms with van der Waals surface area (Å²) in [6.07, 6.45) is 4.24. The number of hydrogen-bond donors (Lipinski definition) is 1. The Bertz CT molecular complexity index is 149. The maximum absolute atomic E-state index is 9.93. The quantitative estimate of drug-likeness (QED) is 0.471. The summed E-state index contributed by atoms with van der Waals surface area (Å²) in [6.45, 7) is 0.612. The first kappa shape index (κ1) is 5.03. The van der Waals surface area contributed by atoms with Gasteiger partial charge in [-0.2, -0.15) is 0 Å². The number of rotatable bonds is 1. The van der Waals surface area contributed by atoms with Gasteiger partial charge in [-0.05, 0) is 6.08 Å². The largest absolute Gasteiger partial charge is 0.344 e.